The van der Waals surface area contributed by atoms with Gasteiger partial charge in [-0.15, -0.1) is 0 Å². The zero-order valence-corrected chi connectivity index (χ0v) is 16.8. The maximum Gasteiger partial charge on any atom is 0.261 e. The summed E-state index contributed by atoms with van der Waals surface area (Å²) in [7, 11) is 1.85. The Morgan fingerprint density at radius 3 is 2.93 bits per heavy atom. The SMILES string of the molecule is Cc1c(O)c(-c2ncc3c(=O)n([C@H]4C[C@H]5C[C@@H]4CN5)ccc3n2)cc2cn(C)nc12. The van der Waals surface area contributed by atoms with Crippen LogP contribution in [0.5, 0.6) is 5.75 Å². The fraction of sp³-hybridized carbons (Fsp3) is 0.364. The van der Waals surface area contributed by atoms with E-state index >= 15 is 0 Å². The number of nitrogens with zero attached hydrogens (tertiary/aromatic N) is 5. The second-order valence-electron chi connectivity index (χ2n) is 8.56. The van der Waals surface area contributed by atoms with Crippen LogP contribution in [0.2, 0.25) is 0 Å². The summed E-state index contributed by atoms with van der Waals surface area (Å²) >= 11 is 0. The van der Waals surface area contributed by atoms with Crippen molar-refractivity contribution in [2.24, 2.45) is 13.0 Å². The minimum Gasteiger partial charge on any atom is -0.507 e. The molecule has 8 nitrogen and oxygen atoms in total. The number of aromatic nitrogens is 5. The van der Waals surface area contributed by atoms with E-state index in [4.69, 9.17) is 0 Å². The lowest BCUT2D eigenvalue weighted by atomic mass is 10.0. The smallest absolute Gasteiger partial charge is 0.261 e. The summed E-state index contributed by atoms with van der Waals surface area (Å²) in [5.74, 6) is 1.02. The minimum atomic E-state index is -0.0419. The summed E-state index contributed by atoms with van der Waals surface area (Å²) in [6.45, 7) is 2.81. The van der Waals surface area contributed by atoms with E-state index in [1.165, 1.54) is 0 Å². The number of nitrogens with one attached hydrogen (secondary N) is 1. The van der Waals surface area contributed by atoms with Crippen molar-refractivity contribution in [1.82, 2.24) is 29.6 Å². The Morgan fingerprint density at radius 2 is 2.17 bits per heavy atom. The van der Waals surface area contributed by atoms with Crippen LogP contribution in [-0.2, 0) is 7.05 Å². The van der Waals surface area contributed by atoms with Crippen LogP contribution in [0.15, 0.2) is 35.5 Å². The number of pyridine rings is 1. The number of phenolic OH excluding ortho intramolecular Hbond substituents is 1. The van der Waals surface area contributed by atoms with Gasteiger partial charge in [-0.2, -0.15) is 5.10 Å². The summed E-state index contributed by atoms with van der Waals surface area (Å²) in [5.41, 5.74) is 2.53. The molecule has 0 unspecified atom stereocenters. The number of aryl methyl sites for hydroxylation is 2. The van der Waals surface area contributed by atoms with Gasteiger partial charge >= 0.3 is 0 Å². The Balaban J connectivity index is 1.47. The maximum atomic E-state index is 13.1. The van der Waals surface area contributed by atoms with Gasteiger partial charge in [-0.25, -0.2) is 9.97 Å². The van der Waals surface area contributed by atoms with Crippen LogP contribution in [0.4, 0.5) is 0 Å². The van der Waals surface area contributed by atoms with Crippen molar-refractivity contribution < 1.29 is 5.11 Å². The van der Waals surface area contributed by atoms with Crippen molar-refractivity contribution in [3.8, 4) is 17.1 Å². The zero-order valence-electron chi connectivity index (χ0n) is 16.8. The summed E-state index contributed by atoms with van der Waals surface area (Å²) in [6, 6.07) is 4.49. The molecule has 6 rings (SSSR count). The third-order valence-electron chi connectivity index (χ3n) is 6.72. The Kier molecular flexibility index (Phi) is 3.59. The summed E-state index contributed by atoms with van der Waals surface area (Å²) in [5, 5.41) is 20.0. The molecular weight excluding hydrogens is 380 g/mol. The molecule has 3 aromatic heterocycles. The second kappa shape index (κ2) is 6.12. The third kappa shape index (κ3) is 2.43. The first-order chi connectivity index (χ1) is 14.5. The molecule has 0 spiro atoms. The van der Waals surface area contributed by atoms with Gasteiger partial charge in [0.1, 0.15) is 5.75 Å². The number of piperidine rings is 1. The number of rotatable bonds is 2. The summed E-state index contributed by atoms with van der Waals surface area (Å²) in [6.07, 6.45) is 7.48. The average molecular weight is 402 g/mol. The number of hydrogen-bond donors (Lipinski definition) is 2. The van der Waals surface area contributed by atoms with E-state index in [9.17, 15) is 9.90 Å². The fourth-order valence-electron chi connectivity index (χ4n) is 5.20. The first kappa shape index (κ1) is 17.6. The predicted molar refractivity (Wildman–Crippen MR) is 113 cm³/mol. The first-order valence-electron chi connectivity index (χ1n) is 10.3. The Bertz CT molecular complexity index is 1390. The van der Waals surface area contributed by atoms with Crippen LogP contribution in [0.1, 0.15) is 24.4 Å². The molecule has 2 N–H and O–H groups in total. The molecular formula is C22H22N6O2. The molecule has 2 aliphatic rings. The second-order valence-corrected chi connectivity index (χ2v) is 8.56. The van der Waals surface area contributed by atoms with Gasteiger partial charge in [-0.05, 0) is 37.8 Å². The van der Waals surface area contributed by atoms with Gasteiger partial charge in [0.05, 0.1) is 22.0 Å². The number of fused-ring (bicyclic) bond motifs is 4. The molecule has 2 fully saturated rings. The van der Waals surface area contributed by atoms with E-state index in [1.54, 1.807) is 10.9 Å². The topological polar surface area (TPSA) is 97.9 Å². The van der Waals surface area contributed by atoms with Crippen LogP contribution < -0.4 is 10.9 Å². The lowest BCUT2D eigenvalue weighted by Gasteiger charge is -2.24. The fourth-order valence-corrected chi connectivity index (χ4v) is 5.20. The lowest BCUT2D eigenvalue weighted by Crippen LogP contribution is -2.35. The van der Waals surface area contributed by atoms with E-state index in [0.29, 0.717) is 39.8 Å². The molecule has 0 amide bonds. The Morgan fingerprint density at radius 1 is 1.30 bits per heavy atom. The zero-order chi connectivity index (χ0) is 20.6. The van der Waals surface area contributed by atoms with E-state index < -0.39 is 0 Å². The minimum absolute atomic E-state index is 0.0419. The highest BCUT2D eigenvalue weighted by atomic mass is 16.3. The number of benzene rings is 1. The third-order valence-corrected chi connectivity index (χ3v) is 6.72. The molecule has 30 heavy (non-hydrogen) atoms. The highest BCUT2D eigenvalue weighted by Gasteiger charge is 2.40. The maximum absolute atomic E-state index is 13.1. The molecule has 1 saturated carbocycles. The monoisotopic (exact) mass is 402 g/mol. The Labute approximate surface area is 172 Å². The highest BCUT2D eigenvalue weighted by Crippen LogP contribution is 2.39. The van der Waals surface area contributed by atoms with Gasteiger partial charge < -0.3 is 15.0 Å². The van der Waals surface area contributed by atoms with Crippen molar-refractivity contribution in [3.63, 3.8) is 0 Å². The van der Waals surface area contributed by atoms with Crippen LogP contribution >= 0.6 is 0 Å². The molecule has 152 valence electrons. The summed E-state index contributed by atoms with van der Waals surface area (Å²) < 4.78 is 3.58. The standard InChI is InChI=1S/C22H22N6O2/c1-11-19-13(10-27(2)26-19)6-15(20(11)29)21-24-9-16-17(25-21)3-4-28(22(16)30)18-7-14-5-12(18)8-23-14/h3-4,6,9-10,12,14,18,23,29H,5,7-8H2,1-2H3/t12-,14-,18+/m1/s1. The molecule has 4 heterocycles. The molecule has 1 aliphatic carbocycles. The van der Waals surface area contributed by atoms with Crippen LogP contribution in [0, 0.1) is 12.8 Å². The largest absolute Gasteiger partial charge is 0.507 e. The highest BCUT2D eigenvalue weighted by molar-refractivity contribution is 5.90. The molecule has 3 atom stereocenters. The van der Waals surface area contributed by atoms with E-state index in [0.717, 1.165) is 30.3 Å². The van der Waals surface area contributed by atoms with Crippen molar-refractivity contribution in [2.75, 3.05) is 6.54 Å². The van der Waals surface area contributed by atoms with E-state index in [1.807, 2.05) is 43.1 Å². The van der Waals surface area contributed by atoms with Gasteiger partial charge in [0, 0.05) is 55.2 Å². The molecule has 4 aromatic rings. The van der Waals surface area contributed by atoms with E-state index in [2.05, 4.69) is 20.4 Å². The van der Waals surface area contributed by atoms with Crippen LogP contribution in [0.3, 0.4) is 0 Å². The average Bonchev–Trinajstić information content (AvgIpc) is 3.46. The number of aromatic hydroxyl groups is 1. The Hall–Kier alpha value is -3.26. The van der Waals surface area contributed by atoms with Crippen molar-refractivity contribution in [3.05, 3.63) is 46.6 Å². The molecule has 2 bridgehead atoms. The van der Waals surface area contributed by atoms with Gasteiger partial charge in [-0.1, -0.05) is 0 Å². The normalized spacial score (nSPS) is 23.1. The molecule has 1 saturated heterocycles. The van der Waals surface area contributed by atoms with Gasteiger partial charge in [-0.3, -0.25) is 9.48 Å². The van der Waals surface area contributed by atoms with Gasteiger partial charge in [0.2, 0.25) is 0 Å². The predicted octanol–water partition coefficient (Wildman–Crippen LogP) is 2.28. The summed E-state index contributed by atoms with van der Waals surface area (Å²) in [4.78, 5) is 22.2. The quantitative estimate of drug-likeness (QED) is 0.534. The van der Waals surface area contributed by atoms with Crippen molar-refractivity contribution in [2.45, 2.75) is 31.8 Å². The van der Waals surface area contributed by atoms with Crippen molar-refractivity contribution >= 4 is 21.8 Å². The van der Waals surface area contributed by atoms with Gasteiger partial charge in [0.25, 0.3) is 5.56 Å². The lowest BCUT2D eigenvalue weighted by molar-refractivity contribution is 0.340. The molecule has 0 radical (unpaired) electrons. The molecule has 1 aromatic carbocycles. The number of phenols is 1. The van der Waals surface area contributed by atoms with Crippen molar-refractivity contribution in [1.29, 1.82) is 0 Å². The van der Waals surface area contributed by atoms with E-state index in [-0.39, 0.29) is 17.4 Å². The first-order valence-corrected chi connectivity index (χ1v) is 10.3. The van der Waals surface area contributed by atoms with Gasteiger partial charge in [0.15, 0.2) is 5.82 Å². The number of hydrogen-bond acceptors (Lipinski definition) is 6. The molecule has 1 aliphatic heterocycles. The molecule has 8 heteroatoms. The van der Waals surface area contributed by atoms with Crippen LogP contribution in [0.25, 0.3) is 33.2 Å². The van der Waals surface area contributed by atoms with Crippen LogP contribution in [-0.4, -0.2) is 42.0 Å².